The number of nitrogens with one attached hydrogen (secondary N) is 2. The Morgan fingerprint density at radius 2 is 1.17 bits per heavy atom. The van der Waals surface area contributed by atoms with E-state index in [0.717, 1.165) is 25.7 Å². The van der Waals surface area contributed by atoms with Gasteiger partial charge in [0, 0.05) is 24.9 Å². The zero-order chi connectivity index (χ0) is 17.4. The van der Waals surface area contributed by atoms with Crippen LogP contribution in [0.5, 0.6) is 0 Å². The summed E-state index contributed by atoms with van der Waals surface area (Å²) in [4.78, 5) is 25.2. The summed E-state index contributed by atoms with van der Waals surface area (Å²) in [5.74, 6) is 0.0698. The molecular weight excluding hydrogens is 332 g/mol. The second kappa shape index (κ2) is 6.32. The van der Waals surface area contributed by atoms with E-state index in [1.165, 1.54) is 10.0 Å². The fourth-order valence-corrected chi connectivity index (χ4v) is 2.97. The van der Waals surface area contributed by atoms with Gasteiger partial charge in [-0.1, -0.05) is 38.3 Å². The van der Waals surface area contributed by atoms with Crippen LogP contribution in [-0.4, -0.2) is 45.9 Å². The van der Waals surface area contributed by atoms with E-state index in [1.807, 2.05) is 13.8 Å². The molecule has 0 radical (unpaired) electrons. The molecule has 0 heterocycles. The fourth-order valence-electron chi connectivity index (χ4n) is 2.31. The standard InChI is InChI=1S/C15H24N4O2S2/c1-14(5-6-14)12(20)18(3)16-10(22)9-11(23)17-19(4)13(21)15(2)7-8-15/h5-9H2,1-4H3,(H,16,22)(H,17,23). The number of hydrogen-bond acceptors (Lipinski definition) is 4. The van der Waals surface area contributed by atoms with Crippen molar-refractivity contribution in [3.63, 3.8) is 0 Å². The van der Waals surface area contributed by atoms with Crippen molar-refractivity contribution < 1.29 is 9.59 Å². The highest BCUT2D eigenvalue weighted by atomic mass is 32.1. The average Bonchev–Trinajstić information content (AvgIpc) is 3.37. The van der Waals surface area contributed by atoms with Gasteiger partial charge in [-0.25, -0.2) is 0 Å². The highest BCUT2D eigenvalue weighted by Gasteiger charge is 2.47. The zero-order valence-corrected chi connectivity index (χ0v) is 15.7. The summed E-state index contributed by atoms with van der Waals surface area (Å²) in [6.07, 6.45) is 3.94. The molecule has 0 aromatic heterocycles. The minimum absolute atomic E-state index is 0.0349. The van der Waals surface area contributed by atoms with Gasteiger partial charge >= 0.3 is 0 Å². The Hall–Kier alpha value is -1.28. The van der Waals surface area contributed by atoms with Crippen molar-refractivity contribution in [2.75, 3.05) is 14.1 Å². The smallest absolute Gasteiger partial charge is 0.246 e. The SMILES string of the molecule is CN(NC(=S)CC(=S)NN(C)C(=O)C1(C)CC1)C(=O)C1(C)CC1. The van der Waals surface area contributed by atoms with Gasteiger partial charge in [0.05, 0.1) is 6.42 Å². The Kier molecular flexibility index (Phi) is 4.96. The Morgan fingerprint density at radius 3 is 1.43 bits per heavy atom. The lowest BCUT2D eigenvalue weighted by atomic mass is 10.1. The summed E-state index contributed by atoms with van der Waals surface area (Å²) < 4.78 is 0. The molecule has 0 aliphatic heterocycles. The van der Waals surface area contributed by atoms with Crippen LogP contribution in [0.15, 0.2) is 0 Å². The molecule has 0 atom stereocenters. The van der Waals surface area contributed by atoms with Crippen LogP contribution >= 0.6 is 24.4 Å². The van der Waals surface area contributed by atoms with E-state index in [-0.39, 0.29) is 29.1 Å². The summed E-state index contributed by atoms with van der Waals surface area (Å²) >= 11 is 10.5. The van der Waals surface area contributed by atoms with Crippen LogP contribution in [0.3, 0.4) is 0 Å². The first-order valence-corrected chi connectivity index (χ1v) is 8.54. The molecule has 128 valence electrons. The number of hydrogen-bond donors (Lipinski definition) is 2. The molecule has 23 heavy (non-hydrogen) atoms. The maximum atomic E-state index is 12.1. The van der Waals surface area contributed by atoms with Crippen molar-refractivity contribution in [3.8, 4) is 0 Å². The number of amides is 2. The topological polar surface area (TPSA) is 64.7 Å². The minimum atomic E-state index is -0.248. The van der Waals surface area contributed by atoms with Gasteiger partial charge in [0.2, 0.25) is 11.8 Å². The van der Waals surface area contributed by atoms with Gasteiger partial charge in [0.1, 0.15) is 9.98 Å². The predicted molar refractivity (Wildman–Crippen MR) is 96.3 cm³/mol. The number of carbonyl (C=O) groups is 2. The number of thiocarbonyl (C=S) groups is 2. The van der Waals surface area contributed by atoms with E-state index in [2.05, 4.69) is 10.9 Å². The van der Waals surface area contributed by atoms with Crippen LogP contribution in [0.1, 0.15) is 46.0 Å². The lowest BCUT2D eigenvalue weighted by Crippen LogP contribution is -2.49. The third-order valence-electron chi connectivity index (χ3n) is 4.55. The number of rotatable bonds is 4. The molecule has 0 bridgehead atoms. The quantitative estimate of drug-likeness (QED) is 0.589. The maximum absolute atomic E-state index is 12.1. The summed E-state index contributed by atoms with van der Waals surface area (Å²) in [5.41, 5.74) is 5.28. The molecule has 0 aromatic carbocycles. The Balaban J connectivity index is 1.75. The molecule has 2 aliphatic rings. The van der Waals surface area contributed by atoms with Crippen LogP contribution in [-0.2, 0) is 9.59 Å². The second-order valence-corrected chi connectivity index (χ2v) is 8.08. The third kappa shape index (κ3) is 4.38. The van der Waals surface area contributed by atoms with Crippen molar-refractivity contribution in [1.29, 1.82) is 0 Å². The van der Waals surface area contributed by atoms with Gasteiger partial charge in [-0.2, -0.15) is 0 Å². The normalized spacial score (nSPS) is 19.3. The Labute approximate surface area is 147 Å². The Bertz CT molecular complexity index is 508. The van der Waals surface area contributed by atoms with E-state index in [0.29, 0.717) is 9.98 Å². The fraction of sp³-hybridized carbons (Fsp3) is 0.733. The average molecular weight is 357 g/mol. The number of nitrogens with zero attached hydrogens (tertiary/aromatic N) is 2. The van der Waals surface area contributed by atoms with Crippen molar-refractivity contribution in [3.05, 3.63) is 0 Å². The third-order valence-corrected chi connectivity index (χ3v) is 5.02. The van der Waals surface area contributed by atoms with Gasteiger partial charge in [-0.15, -0.1) is 0 Å². The largest absolute Gasteiger partial charge is 0.289 e. The van der Waals surface area contributed by atoms with Crippen molar-refractivity contribution in [1.82, 2.24) is 20.9 Å². The van der Waals surface area contributed by atoms with Crippen LogP contribution in [0.25, 0.3) is 0 Å². The molecule has 0 spiro atoms. The van der Waals surface area contributed by atoms with Crippen LogP contribution in [0.4, 0.5) is 0 Å². The molecule has 2 saturated carbocycles. The van der Waals surface area contributed by atoms with Crippen LogP contribution in [0, 0.1) is 10.8 Å². The summed E-state index contributed by atoms with van der Waals surface area (Å²) in [6.45, 7) is 3.89. The first kappa shape index (κ1) is 18.1. The Morgan fingerprint density at radius 1 is 0.870 bits per heavy atom. The monoisotopic (exact) mass is 356 g/mol. The molecule has 0 aromatic rings. The van der Waals surface area contributed by atoms with E-state index < -0.39 is 0 Å². The van der Waals surface area contributed by atoms with Crippen molar-refractivity contribution in [2.45, 2.75) is 46.0 Å². The molecule has 2 N–H and O–H groups in total. The number of hydrazine groups is 2. The van der Waals surface area contributed by atoms with E-state index in [9.17, 15) is 9.59 Å². The maximum Gasteiger partial charge on any atom is 0.246 e. The highest BCUT2D eigenvalue weighted by Crippen LogP contribution is 2.46. The van der Waals surface area contributed by atoms with E-state index >= 15 is 0 Å². The highest BCUT2D eigenvalue weighted by molar-refractivity contribution is 7.82. The molecule has 2 rings (SSSR count). The summed E-state index contributed by atoms with van der Waals surface area (Å²) in [5, 5.41) is 2.86. The van der Waals surface area contributed by atoms with Gasteiger partial charge in [-0.3, -0.25) is 30.5 Å². The van der Waals surface area contributed by atoms with Crippen molar-refractivity contribution >= 4 is 46.2 Å². The molecule has 2 aliphatic carbocycles. The van der Waals surface area contributed by atoms with Gasteiger partial charge < -0.3 is 0 Å². The summed E-state index contributed by atoms with van der Waals surface area (Å²) in [6, 6.07) is 0. The molecule has 0 unspecified atom stereocenters. The second-order valence-electron chi connectivity index (χ2n) is 7.10. The predicted octanol–water partition coefficient (Wildman–Crippen LogP) is 1.56. The minimum Gasteiger partial charge on any atom is -0.289 e. The molecule has 2 amide bonds. The van der Waals surface area contributed by atoms with Crippen LogP contribution < -0.4 is 10.9 Å². The zero-order valence-electron chi connectivity index (χ0n) is 14.1. The van der Waals surface area contributed by atoms with Gasteiger partial charge in [0.15, 0.2) is 0 Å². The molecule has 8 heteroatoms. The molecule has 2 fully saturated rings. The van der Waals surface area contributed by atoms with E-state index in [1.54, 1.807) is 14.1 Å². The lowest BCUT2D eigenvalue weighted by molar-refractivity contribution is -0.137. The van der Waals surface area contributed by atoms with Crippen molar-refractivity contribution in [2.24, 2.45) is 10.8 Å². The van der Waals surface area contributed by atoms with Gasteiger partial charge in [0.25, 0.3) is 0 Å². The molecule has 6 nitrogen and oxygen atoms in total. The number of carbonyl (C=O) groups excluding carboxylic acids is 2. The van der Waals surface area contributed by atoms with E-state index in [4.69, 9.17) is 24.4 Å². The molecular formula is C15H24N4O2S2. The first-order chi connectivity index (χ1) is 10.6. The summed E-state index contributed by atoms with van der Waals surface area (Å²) in [7, 11) is 3.33. The van der Waals surface area contributed by atoms with Gasteiger partial charge in [-0.05, 0) is 25.7 Å². The lowest BCUT2D eigenvalue weighted by Gasteiger charge is -2.25. The van der Waals surface area contributed by atoms with Crippen LogP contribution in [0.2, 0.25) is 0 Å². The molecule has 0 saturated heterocycles. The first-order valence-electron chi connectivity index (χ1n) is 7.73.